The van der Waals surface area contributed by atoms with Crippen LogP contribution in [0, 0.1) is 0 Å². The summed E-state index contributed by atoms with van der Waals surface area (Å²) in [6.45, 7) is 1.04. The Bertz CT molecular complexity index is 1110. The fourth-order valence-electron chi connectivity index (χ4n) is 2.83. The van der Waals surface area contributed by atoms with Crippen LogP contribution in [-0.2, 0) is 20.9 Å². The number of nitrogens with one attached hydrogen (secondary N) is 2. The van der Waals surface area contributed by atoms with E-state index >= 15 is 0 Å². The van der Waals surface area contributed by atoms with Crippen LogP contribution in [0.15, 0.2) is 38.8 Å². The molecule has 2 aromatic rings. The number of esters is 1. The number of para-hydroxylation sites is 1. The summed E-state index contributed by atoms with van der Waals surface area (Å²) in [6.07, 6.45) is -0.252. The lowest BCUT2D eigenvalue weighted by Crippen LogP contribution is -2.37. The Kier molecular flexibility index (Phi) is 5.87. The van der Waals surface area contributed by atoms with E-state index in [1.54, 1.807) is 19.1 Å². The molecule has 152 valence electrons. The molecule has 0 aliphatic carbocycles. The topological polar surface area (TPSA) is 153 Å². The summed E-state index contributed by atoms with van der Waals surface area (Å²) in [6, 6.07) is 7.17. The van der Waals surface area contributed by atoms with Crippen molar-refractivity contribution in [2.75, 3.05) is 17.7 Å². The summed E-state index contributed by atoms with van der Waals surface area (Å²) < 4.78 is 5.96. The number of carbonyl (C=O) groups is 3. The predicted molar refractivity (Wildman–Crippen MR) is 106 cm³/mol. The maximum atomic E-state index is 12.3. The first-order valence-electron chi connectivity index (χ1n) is 8.69. The zero-order chi connectivity index (χ0) is 21.1. The minimum atomic E-state index is -0.947. The number of carbonyl (C=O) groups excluding carboxylic acids is 3. The highest BCUT2D eigenvalue weighted by atomic mass is 32.2. The van der Waals surface area contributed by atoms with Gasteiger partial charge in [-0.2, -0.15) is 0 Å². The Morgan fingerprint density at radius 3 is 2.69 bits per heavy atom. The van der Waals surface area contributed by atoms with Gasteiger partial charge in [-0.15, -0.1) is 11.8 Å². The molecule has 4 N–H and O–H groups in total. The molecule has 3 rings (SSSR count). The van der Waals surface area contributed by atoms with Gasteiger partial charge in [0.25, 0.3) is 5.56 Å². The summed E-state index contributed by atoms with van der Waals surface area (Å²) in [5.41, 5.74) is 4.28. The van der Waals surface area contributed by atoms with E-state index in [0.29, 0.717) is 5.69 Å². The lowest BCUT2D eigenvalue weighted by molar-refractivity contribution is -0.143. The van der Waals surface area contributed by atoms with Gasteiger partial charge in [-0.05, 0) is 19.1 Å². The van der Waals surface area contributed by atoms with Crippen LogP contribution in [0.25, 0.3) is 0 Å². The Morgan fingerprint density at radius 2 is 1.97 bits per heavy atom. The quantitative estimate of drug-likeness (QED) is 0.449. The van der Waals surface area contributed by atoms with Gasteiger partial charge >= 0.3 is 11.7 Å². The van der Waals surface area contributed by atoms with E-state index in [4.69, 9.17) is 10.5 Å². The molecule has 29 heavy (non-hydrogen) atoms. The monoisotopic (exact) mass is 418 g/mol. The smallest absolute Gasteiger partial charge is 0.329 e. The normalized spacial score (nSPS) is 15.3. The number of nitrogen functional groups attached to an aromatic ring is 1. The zero-order valence-electron chi connectivity index (χ0n) is 15.4. The molecule has 0 fully saturated rings. The molecule has 1 aromatic carbocycles. The number of amides is 1. The Morgan fingerprint density at radius 1 is 1.24 bits per heavy atom. The third-order valence-electron chi connectivity index (χ3n) is 4.26. The summed E-state index contributed by atoms with van der Waals surface area (Å²) in [5, 5.41) is 2.00. The van der Waals surface area contributed by atoms with Crippen LogP contribution in [0.4, 0.5) is 11.5 Å². The van der Waals surface area contributed by atoms with Crippen molar-refractivity contribution in [1.29, 1.82) is 0 Å². The predicted octanol–water partition coefficient (Wildman–Crippen LogP) is 0.368. The largest absolute Gasteiger partial charge is 0.457 e. The number of ketones is 1. The van der Waals surface area contributed by atoms with Crippen LogP contribution in [0.3, 0.4) is 0 Å². The highest BCUT2D eigenvalue weighted by molar-refractivity contribution is 8.01. The SMILES string of the molecule is CCn1c(N)c(C(=O)COC(=O)C[C@@H]2Sc3ccccc3NC2=O)c(=O)[nH]c1=O. The number of benzene rings is 1. The molecule has 0 radical (unpaired) electrons. The fraction of sp³-hybridized carbons (Fsp3) is 0.278. The molecule has 1 amide bonds. The van der Waals surface area contributed by atoms with Crippen LogP contribution < -0.4 is 22.3 Å². The lowest BCUT2D eigenvalue weighted by atomic mass is 10.2. The number of hydrogen-bond acceptors (Lipinski definition) is 8. The summed E-state index contributed by atoms with van der Waals surface area (Å²) in [7, 11) is 0. The molecule has 1 atom stereocenters. The Hall–Kier alpha value is -3.34. The van der Waals surface area contributed by atoms with Crippen molar-refractivity contribution >= 4 is 40.9 Å². The molecule has 1 aliphatic heterocycles. The van der Waals surface area contributed by atoms with Crippen LogP contribution in [0.1, 0.15) is 23.7 Å². The molecule has 1 aromatic heterocycles. The zero-order valence-corrected chi connectivity index (χ0v) is 16.2. The minimum Gasteiger partial charge on any atom is -0.457 e. The second kappa shape index (κ2) is 8.35. The molecule has 0 spiro atoms. The number of aromatic amines is 1. The average Bonchev–Trinajstić information content (AvgIpc) is 2.67. The third kappa shape index (κ3) is 4.24. The van der Waals surface area contributed by atoms with E-state index in [2.05, 4.69) is 5.32 Å². The number of ether oxygens (including phenoxy) is 1. The van der Waals surface area contributed by atoms with Crippen molar-refractivity contribution in [3.8, 4) is 0 Å². The molecular weight excluding hydrogens is 400 g/mol. The van der Waals surface area contributed by atoms with E-state index in [1.165, 1.54) is 11.8 Å². The third-order valence-corrected chi connectivity index (χ3v) is 5.53. The molecule has 11 heteroatoms. The van der Waals surface area contributed by atoms with Crippen LogP contribution in [0.5, 0.6) is 0 Å². The highest BCUT2D eigenvalue weighted by Gasteiger charge is 2.30. The first kappa shape index (κ1) is 20.4. The second-order valence-corrected chi connectivity index (χ2v) is 7.39. The number of nitrogens with zero attached hydrogens (tertiary/aromatic N) is 1. The van der Waals surface area contributed by atoms with Crippen LogP contribution in [-0.4, -0.2) is 39.1 Å². The van der Waals surface area contributed by atoms with Gasteiger partial charge in [0.1, 0.15) is 11.4 Å². The van der Waals surface area contributed by atoms with Gasteiger partial charge in [-0.25, -0.2) is 4.79 Å². The summed E-state index contributed by atoms with van der Waals surface area (Å²) in [4.78, 5) is 63.0. The number of thioether (sulfide) groups is 1. The molecule has 10 nitrogen and oxygen atoms in total. The first-order chi connectivity index (χ1) is 13.8. The van der Waals surface area contributed by atoms with Crippen molar-refractivity contribution in [2.24, 2.45) is 0 Å². The van der Waals surface area contributed by atoms with Gasteiger partial charge in [0.15, 0.2) is 6.61 Å². The molecule has 0 saturated heterocycles. The lowest BCUT2D eigenvalue weighted by Gasteiger charge is -2.23. The van der Waals surface area contributed by atoms with Gasteiger partial charge < -0.3 is 15.8 Å². The highest BCUT2D eigenvalue weighted by Crippen LogP contribution is 2.36. The maximum absolute atomic E-state index is 12.3. The van der Waals surface area contributed by atoms with E-state index in [1.807, 2.05) is 17.1 Å². The van der Waals surface area contributed by atoms with Gasteiger partial charge in [-0.1, -0.05) is 12.1 Å². The fourth-order valence-corrected chi connectivity index (χ4v) is 3.92. The number of rotatable bonds is 6. The summed E-state index contributed by atoms with van der Waals surface area (Å²) >= 11 is 1.22. The van der Waals surface area contributed by atoms with Gasteiger partial charge in [-0.3, -0.25) is 28.7 Å². The number of aromatic nitrogens is 2. The van der Waals surface area contributed by atoms with Crippen molar-refractivity contribution in [3.63, 3.8) is 0 Å². The van der Waals surface area contributed by atoms with Crippen molar-refractivity contribution in [1.82, 2.24) is 9.55 Å². The average molecular weight is 418 g/mol. The number of anilines is 2. The molecule has 0 bridgehead atoms. The van der Waals surface area contributed by atoms with Crippen molar-refractivity contribution < 1.29 is 19.1 Å². The molecule has 1 aliphatic rings. The van der Waals surface area contributed by atoms with Crippen LogP contribution >= 0.6 is 11.8 Å². The number of nitrogens with two attached hydrogens (primary N) is 1. The van der Waals surface area contributed by atoms with Gasteiger partial charge in [0.2, 0.25) is 11.7 Å². The van der Waals surface area contributed by atoms with E-state index in [0.717, 1.165) is 9.46 Å². The van der Waals surface area contributed by atoms with E-state index in [-0.39, 0.29) is 24.7 Å². The minimum absolute atomic E-state index is 0.150. The van der Waals surface area contributed by atoms with E-state index < -0.39 is 40.4 Å². The number of H-pyrrole nitrogens is 1. The van der Waals surface area contributed by atoms with E-state index in [9.17, 15) is 24.0 Å². The Balaban J connectivity index is 1.65. The summed E-state index contributed by atoms with van der Waals surface area (Å²) in [5.74, 6) is -2.25. The molecular formula is C18H18N4O6S. The molecule has 0 saturated carbocycles. The number of Topliss-reactive ketones (excluding diaryl/α,β-unsaturated/α-hetero) is 1. The number of hydrogen-bond donors (Lipinski definition) is 3. The standard InChI is InChI=1S/C18H18N4O6S/c1-2-22-15(19)14(17(26)21-18(22)27)10(23)8-28-13(24)7-12-16(25)20-9-5-3-4-6-11(9)29-12/h3-6,12H,2,7-8,19H2,1H3,(H,20,25)(H,21,26,27)/t12-/m0/s1. The van der Waals surface area contributed by atoms with Gasteiger partial charge in [0, 0.05) is 11.4 Å². The van der Waals surface area contributed by atoms with Crippen molar-refractivity contribution in [3.05, 3.63) is 50.7 Å². The van der Waals surface area contributed by atoms with Gasteiger partial charge in [0.05, 0.1) is 17.4 Å². The first-order valence-corrected chi connectivity index (χ1v) is 9.57. The maximum Gasteiger partial charge on any atom is 0.329 e. The Labute approximate surface area is 168 Å². The van der Waals surface area contributed by atoms with Crippen LogP contribution in [0.2, 0.25) is 0 Å². The molecule has 2 heterocycles. The second-order valence-electron chi connectivity index (χ2n) is 6.14. The number of fused-ring (bicyclic) bond motifs is 1. The molecule has 0 unspecified atom stereocenters. The van der Waals surface area contributed by atoms with Crippen molar-refractivity contribution in [2.45, 2.75) is 30.0 Å².